The van der Waals surface area contributed by atoms with Crippen LogP contribution in [0.2, 0.25) is 0 Å². The summed E-state index contributed by atoms with van der Waals surface area (Å²) in [6, 6.07) is 77.5. The lowest BCUT2D eigenvalue weighted by Crippen LogP contribution is -2.26. The number of pyridine rings is 11. The lowest BCUT2D eigenvalue weighted by molar-refractivity contribution is 0.398. The van der Waals surface area contributed by atoms with Gasteiger partial charge in [0.1, 0.15) is 5.52 Å². The van der Waals surface area contributed by atoms with E-state index in [1.165, 1.54) is 10.6 Å². The van der Waals surface area contributed by atoms with Gasteiger partial charge in [0.15, 0.2) is 5.82 Å². The van der Waals surface area contributed by atoms with Gasteiger partial charge >= 0.3 is 0 Å². The fourth-order valence-corrected chi connectivity index (χ4v) is 14.9. The number of nitrogens with two attached hydrogens (primary N) is 1. The lowest BCUT2D eigenvalue weighted by atomic mass is 9.94. The fraction of sp³-hybridized carbons (Fsp3) is 0.117. The zero-order chi connectivity index (χ0) is 77.6. The average Bonchev–Trinajstić information content (AvgIpc) is 0.759. The Morgan fingerprint density at radius 3 is 1.25 bits per heavy atom. The zero-order valence-electron chi connectivity index (χ0n) is 62.4. The molecule has 3 atom stereocenters. The summed E-state index contributed by atoms with van der Waals surface area (Å²) in [5, 5.41) is 11.0. The Hall–Kier alpha value is -14.8. The van der Waals surface area contributed by atoms with E-state index in [2.05, 4.69) is 76.2 Å². The molecule has 12 aromatic heterocycles. The van der Waals surface area contributed by atoms with Gasteiger partial charge in [-0.3, -0.25) is 57.8 Å². The normalized spacial score (nSPS) is 12.0. The van der Waals surface area contributed by atoms with Crippen LogP contribution < -0.4 is 38.0 Å². The number of hydrogen-bond donors (Lipinski definition) is 2. The number of benzene rings is 6. The third-order valence-corrected chi connectivity index (χ3v) is 20.4. The molecule has 0 unspecified atom stereocenters. The Kier molecular flexibility index (Phi) is 21.5. The van der Waals surface area contributed by atoms with Crippen molar-refractivity contribution in [3.8, 4) is 56.3 Å². The summed E-state index contributed by atoms with van der Waals surface area (Å²) >= 11 is 0. The molecule has 18 rings (SSSR count). The number of fused-ring (bicyclic) bond motifs is 6. The number of nitrogens with zero attached hydrogens (tertiary/aromatic N) is 13. The number of aromatic nitrogens is 13. The molecular formula is C94H79N15O5. The van der Waals surface area contributed by atoms with Crippen LogP contribution in [0.25, 0.3) is 115 Å². The number of para-hydroxylation sites is 3. The van der Waals surface area contributed by atoms with Crippen LogP contribution in [-0.2, 0) is 19.9 Å². The smallest absolute Gasteiger partial charge is 0.263 e. The van der Waals surface area contributed by atoms with Gasteiger partial charge < -0.3 is 20.4 Å². The van der Waals surface area contributed by atoms with Crippen LogP contribution in [-0.4, -0.2) is 70.2 Å². The van der Waals surface area contributed by atoms with E-state index in [9.17, 15) is 19.2 Å². The summed E-state index contributed by atoms with van der Waals surface area (Å²) in [4.78, 5) is 95.0. The first-order valence-electron chi connectivity index (χ1n) is 37.1. The van der Waals surface area contributed by atoms with Crippen molar-refractivity contribution in [2.45, 2.75) is 58.9 Å². The molecule has 560 valence electrons. The van der Waals surface area contributed by atoms with Crippen molar-refractivity contribution in [2.75, 3.05) is 18.2 Å². The predicted molar refractivity (Wildman–Crippen MR) is 456 cm³/mol. The number of nitrogens with one attached hydrogen (secondary N) is 1. The monoisotopic (exact) mass is 1500 g/mol. The molecule has 0 aliphatic rings. The summed E-state index contributed by atoms with van der Waals surface area (Å²) in [5.41, 5.74) is 19.5. The number of nitrogen functional groups attached to an aromatic ring is 1. The number of ether oxygens (including phenoxy) is 1. The highest BCUT2D eigenvalue weighted by Gasteiger charge is 2.25. The molecule has 114 heavy (non-hydrogen) atoms. The molecule has 3 N–H and O–H groups in total. The minimum atomic E-state index is -0.270. The first kappa shape index (κ1) is 74.7. The van der Waals surface area contributed by atoms with Crippen molar-refractivity contribution in [3.63, 3.8) is 0 Å². The van der Waals surface area contributed by atoms with Crippen molar-refractivity contribution >= 4 is 76.8 Å². The quantitative estimate of drug-likeness (QED) is 0.0912. The minimum absolute atomic E-state index is 0. The van der Waals surface area contributed by atoms with Crippen molar-refractivity contribution in [2.24, 2.45) is 7.05 Å². The van der Waals surface area contributed by atoms with Gasteiger partial charge in [-0.2, -0.15) is 0 Å². The van der Waals surface area contributed by atoms with E-state index in [0.29, 0.717) is 40.7 Å². The summed E-state index contributed by atoms with van der Waals surface area (Å²) < 4.78 is 12.2. The Bertz CT molecular complexity index is 6830. The van der Waals surface area contributed by atoms with E-state index in [-0.39, 0.29) is 53.5 Å². The van der Waals surface area contributed by atoms with Crippen LogP contribution in [0.15, 0.2) is 324 Å². The summed E-state index contributed by atoms with van der Waals surface area (Å²) in [7, 11) is 3.30. The molecule has 0 saturated carbocycles. The van der Waals surface area contributed by atoms with E-state index >= 15 is 0 Å². The number of rotatable bonds is 16. The van der Waals surface area contributed by atoms with Crippen LogP contribution >= 0.6 is 0 Å². The molecule has 0 saturated heterocycles. The van der Waals surface area contributed by atoms with Gasteiger partial charge in [0, 0.05) is 154 Å². The lowest BCUT2D eigenvalue weighted by Gasteiger charge is -2.22. The van der Waals surface area contributed by atoms with E-state index in [4.69, 9.17) is 10.5 Å². The van der Waals surface area contributed by atoms with Gasteiger partial charge in [0.2, 0.25) is 17.4 Å². The van der Waals surface area contributed by atoms with E-state index < -0.39 is 0 Å². The highest BCUT2D eigenvalue weighted by molar-refractivity contribution is 5.99. The highest BCUT2D eigenvalue weighted by Crippen LogP contribution is 2.36. The van der Waals surface area contributed by atoms with Crippen molar-refractivity contribution in [1.29, 1.82) is 0 Å². The Morgan fingerprint density at radius 1 is 0.386 bits per heavy atom. The Labute approximate surface area is 656 Å². The second-order valence-corrected chi connectivity index (χ2v) is 27.7. The van der Waals surface area contributed by atoms with Gasteiger partial charge in [-0.15, -0.1) is 0 Å². The molecule has 20 nitrogen and oxygen atoms in total. The van der Waals surface area contributed by atoms with Gasteiger partial charge in [-0.05, 0) is 161 Å². The van der Waals surface area contributed by atoms with Crippen LogP contribution in [0.4, 0.5) is 11.8 Å². The SMILES string of the molecule is C.COc1ccc(-c2cccc3cc([C@H](C)Cc4nccc5cccnc45)n(-c4ccccc4)c(=O)c23)cn1.C[C@H](Cc1nccc2cccnc12)c1cc2cccc(-c3cnc(N)nc3)c2c(=O)n1-c1ccccc1.C[C@H](Nc1nccc2cccnc12)c1cc2cccc(-c3ccc(=O)n(C)c3)c2c(=O)n1-c1ccccc1. The maximum Gasteiger partial charge on any atom is 0.263 e. The average molecular weight is 1500 g/mol. The predicted octanol–water partition coefficient (Wildman–Crippen LogP) is 17.8. The molecule has 0 spiro atoms. The molecule has 12 heterocycles. The molecule has 0 radical (unpaired) electrons. The summed E-state index contributed by atoms with van der Waals surface area (Å²) in [6.45, 7) is 6.28. The second kappa shape index (κ2) is 32.8. The third kappa shape index (κ3) is 15.0. The van der Waals surface area contributed by atoms with Crippen LogP contribution in [0, 0.1) is 0 Å². The van der Waals surface area contributed by atoms with Crippen molar-refractivity contribution in [3.05, 3.63) is 375 Å². The van der Waals surface area contributed by atoms with E-state index in [1.807, 2.05) is 247 Å². The number of aryl methyl sites for hydroxylation is 1. The van der Waals surface area contributed by atoms with Crippen LogP contribution in [0.3, 0.4) is 0 Å². The minimum Gasteiger partial charge on any atom is -0.481 e. The Balaban J connectivity index is 0.000000134. The van der Waals surface area contributed by atoms with Gasteiger partial charge in [-0.25, -0.2) is 19.9 Å². The summed E-state index contributed by atoms with van der Waals surface area (Å²) in [5.74, 6) is 1.36. The third-order valence-electron chi connectivity index (χ3n) is 20.4. The maximum atomic E-state index is 14.3. The molecule has 20 heteroatoms. The number of hydrogen-bond acceptors (Lipinski definition) is 16. The van der Waals surface area contributed by atoms with Gasteiger partial charge in [-0.1, -0.05) is 149 Å². The van der Waals surface area contributed by atoms with Gasteiger partial charge in [0.05, 0.1) is 51.7 Å². The molecule has 0 aliphatic heterocycles. The molecule has 18 aromatic rings. The van der Waals surface area contributed by atoms with Crippen LogP contribution in [0.1, 0.15) is 74.5 Å². The highest BCUT2D eigenvalue weighted by atomic mass is 16.5. The molecule has 0 bridgehead atoms. The standard InChI is InChI=1S/C32H26N4O2.C31H25N5O2.C30H24N6O.CH4/c1-21(18-27-31-22(15-17-33-27)9-7-16-34-31)28-19-23-8-6-12-26(24-13-14-29(38-2)35-20-24)30(23)32(37)36(28)25-10-4-3-5-11-25;1-20(34-30-29-21(15-17-33-30)9-7-16-32-29)26-18-22-8-6-12-25(23-13-14-27(37)35(2)19-23)28(22)31(38)36(26)24-10-4-3-5-11-24;1-19(15-25-28-20(12-14-32-25)8-6-13-33-28)26-16-21-7-5-11-24(22-17-34-30(31)35-18-22)27(21)29(37)36(26)23-9-3-2-4-10-23;/h3-17,19-21H,18H2,1-2H3;3-20H,1-2H3,(H,33,34);2-14,16-19H,15H2,1H3,(H2,31,34,35);1H4/t21-;20-;19-;/m101./s1. The zero-order valence-corrected chi connectivity index (χ0v) is 62.4. The molecule has 0 amide bonds. The Morgan fingerprint density at radius 2 is 0.789 bits per heavy atom. The molecular weight excluding hydrogens is 1420 g/mol. The number of anilines is 2. The topological polar surface area (TPSA) is 251 Å². The fourth-order valence-electron chi connectivity index (χ4n) is 14.9. The molecule has 0 aliphatic carbocycles. The first-order chi connectivity index (χ1) is 55.2. The second-order valence-electron chi connectivity index (χ2n) is 27.7. The van der Waals surface area contributed by atoms with Crippen molar-refractivity contribution < 1.29 is 4.74 Å². The van der Waals surface area contributed by atoms with E-state index in [0.717, 1.165) is 128 Å². The number of methoxy groups -OCH3 is 1. The maximum absolute atomic E-state index is 14.3. The molecule has 6 aromatic carbocycles. The van der Waals surface area contributed by atoms with Crippen molar-refractivity contribution in [1.82, 2.24) is 63.1 Å². The van der Waals surface area contributed by atoms with E-state index in [1.54, 1.807) is 74.4 Å². The van der Waals surface area contributed by atoms with Crippen LogP contribution in [0.5, 0.6) is 5.88 Å². The largest absolute Gasteiger partial charge is 0.481 e. The summed E-state index contributed by atoms with van der Waals surface area (Å²) in [6.07, 6.45) is 18.8. The van der Waals surface area contributed by atoms with Gasteiger partial charge in [0.25, 0.3) is 16.7 Å². The molecule has 0 fully saturated rings. The first-order valence-corrected chi connectivity index (χ1v) is 37.1.